The van der Waals surface area contributed by atoms with Crippen LogP contribution in [0.2, 0.25) is 0 Å². The van der Waals surface area contributed by atoms with Crippen molar-refractivity contribution in [3.05, 3.63) is 51.9 Å². The minimum Gasteiger partial charge on any atom is -0.489 e. The first kappa shape index (κ1) is 14.2. The molecule has 0 spiro atoms. The van der Waals surface area contributed by atoms with E-state index in [2.05, 4.69) is 34.2 Å². The largest absolute Gasteiger partial charge is 0.489 e. The Hall–Kier alpha value is -1.26. The van der Waals surface area contributed by atoms with Gasteiger partial charge in [0.2, 0.25) is 0 Å². The standard InChI is InChI=1S/C15H18BrNO2/c1-3-17-9-15-7-12(11(2)19-15)10-18-14-6-4-5-13(16)8-14/h4-8,17H,3,9-10H2,1-2H3. The van der Waals surface area contributed by atoms with Crippen molar-refractivity contribution in [2.75, 3.05) is 6.54 Å². The van der Waals surface area contributed by atoms with Gasteiger partial charge in [0.25, 0.3) is 0 Å². The quantitative estimate of drug-likeness (QED) is 0.871. The number of benzene rings is 1. The summed E-state index contributed by atoms with van der Waals surface area (Å²) in [7, 11) is 0. The topological polar surface area (TPSA) is 34.4 Å². The van der Waals surface area contributed by atoms with Crippen molar-refractivity contribution in [3.63, 3.8) is 0 Å². The van der Waals surface area contributed by atoms with Crippen LogP contribution in [0.15, 0.2) is 39.2 Å². The van der Waals surface area contributed by atoms with Crippen LogP contribution in [0.25, 0.3) is 0 Å². The van der Waals surface area contributed by atoms with E-state index in [-0.39, 0.29) is 0 Å². The van der Waals surface area contributed by atoms with Gasteiger partial charge >= 0.3 is 0 Å². The van der Waals surface area contributed by atoms with Gasteiger partial charge in [-0.2, -0.15) is 0 Å². The van der Waals surface area contributed by atoms with E-state index in [1.165, 1.54) is 0 Å². The van der Waals surface area contributed by atoms with Gasteiger partial charge in [0.05, 0.1) is 6.54 Å². The second-order valence-electron chi connectivity index (χ2n) is 4.32. The van der Waals surface area contributed by atoms with Crippen molar-refractivity contribution in [1.29, 1.82) is 0 Å². The molecule has 1 N–H and O–H groups in total. The summed E-state index contributed by atoms with van der Waals surface area (Å²) in [6.07, 6.45) is 0. The summed E-state index contributed by atoms with van der Waals surface area (Å²) in [5, 5.41) is 3.25. The Labute approximate surface area is 122 Å². The van der Waals surface area contributed by atoms with Gasteiger partial charge < -0.3 is 14.5 Å². The van der Waals surface area contributed by atoms with Gasteiger partial charge in [0.15, 0.2) is 0 Å². The third kappa shape index (κ3) is 4.11. The van der Waals surface area contributed by atoms with Crippen LogP contribution in [-0.2, 0) is 13.2 Å². The molecule has 3 nitrogen and oxygen atoms in total. The number of ether oxygens (including phenoxy) is 1. The SMILES string of the molecule is CCNCc1cc(COc2cccc(Br)c2)c(C)o1. The number of hydrogen-bond acceptors (Lipinski definition) is 3. The summed E-state index contributed by atoms with van der Waals surface area (Å²) in [4.78, 5) is 0. The van der Waals surface area contributed by atoms with Gasteiger partial charge in [-0.25, -0.2) is 0 Å². The Balaban J connectivity index is 1.97. The smallest absolute Gasteiger partial charge is 0.120 e. The molecule has 2 rings (SSSR count). The highest BCUT2D eigenvalue weighted by molar-refractivity contribution is 9.10. The van der Waals surface area contributed by atoms with Crippen LogP contribution in [-0.4, -0.2) is 6.54 Å². The van der Waals surface area contributed by atoms with Crippen LogP contribution in [0.4, 0.5) is 0 Å². The first-order chi connectivity index (χ1) is 9.19. The van der Waals surface area contributed by atoms with Crippen LogP contribution in [0, 0.1) is 6.92 Å². The van der Waals surface area contributed by atoms with E-state index in [0.717, 1.165) is 40.4 Å². The van der Waals surface area contributed by atoms with Crippen molar-refractivity contribution >= 4 is 15.9 Å². The fraction of sp³-hybridized carbons (Fsp3) is 0.333. The zero-order valence-corrected chi connectivity index (χ0v) is 12.8. The highest BCUT2D eigenvalue weighted by Crippen LogP contribution is 2.21. The van der Waals surface area contributed by atoms with Crippen molar-refractivity contribution < 1.29 is 9.15 Å². The van der Waals surface area contributed by atoms with Gasteiger partial charge in [-0.05, 0) is 37.7 Å². The summed E-state index contributed by atoms with van der Waals surface area (Å²) < 4.78 is 12.5. The minimum absolute atomic E-state index is 0.526. The fourth-order valence-electron chi connectivity index (χ4n) is 1.78. The van der Waals surface area contributed by atoms with Gasteiger partial charge in [0.1, 0.15) is 23.9 Å². The number of furan rings is 1. The van der Waals surface area contributed by atoms with E-state index >= 15 is 0 Å². The molecular weight excluding hydrogens is 306 g/mol. The second kappa shape index (κ2) is 6.78. The third-order valence-electron chi connectivity index (χ3n) is 2.81. The van der Waals surface area contributed by atoms with Gasteiger partial charge in [0, 0.05) is 10.0 Å². The molecule has 4 heteroatoms. The molecule has 0 saturated heterocycles. The molecule has 0 saturated carbocycles. The average Bonchev–Trinajstić information content (AvgIpc) is 2.75. The van der Waals surface area contributed by atoms with Crippen LogP contribution >= 0.6 is 15.9 Å². The van der Waals surface area contributed by atoms with Crippen LogP contribution < -0.4 is 10.1 Å². The average molecular weight is 324 g/mol. The van der Waals surface area contributed by atoms with E-state index < -0.39 is 0 Å². The molecule has 2 aromatic rings. The second-order valence-corrected chi connectivity index (χ2v) is 5.24. The van der Waals surface area contributed by atoms with Gasteiger partial charge in [-0.15, -0.1) is 0 Å². The molecule has 0 aliphatic carbocycles. The lowest BCUT2D eigenvalue weighted by Crippen LogP contribution is -2.10. The number of aryl methyl sites for hydroxylation is 1. The molecule has 0 bridgehead atoms. The summed E-state index contributed by atoms with van der Waals surface area (Å²) in [5.74, 6) is 2.72. The van der Waals surface area contributed by atoms with Gasteiger partial charge in [-0.3, -0.25) is 0 Å². The zero-order valence-electron chi connectivity index (χ0n) is 11.2. The summed E-state index contributed by atoms with van der Waals surface area (Å²) in [6.45, 7) is 6.26. The van der Waals surface area contributed by atoms with E-state index in [0.29, 0.717) is 6.61 Å². The maximum atomic E-state index is 5.76. The number of halogens is 1. The zero-order chi connectivity index (χ0) is 13.7. The van der Waals surface area contributed by atoms with Crippen molar-refractivity contribution in [1.82, 2.24) is 5.32 Å². The minimum atomic E-state index is 0.526. The Kier molecular flexibility index (Phi) is 5.05. The van der Waals surface area contributed by atoms with Crippen LogP contribution in [0.5, 0.6) is 5.75 Å². The monoisotopic (exact) mass is 323 g/mol. The van der Waals surface area contributed by atoms with Crippen molar-refractivity contribution in [2.45, 2.75) is 27.0 Å². The molecule has 0 radical (unpaired) electrons. The predicted molar refractivity (Wildman–Crippen MR) is 79.3 cm³/mol. The number of rotatable bonds is 6. The molecule has 0 fully saturated rings. The predicted octanol–water partition coefficient (Wildman–Crippen LogP) is 4.04. The summed E-state index contributed by atoms with van der Waals surface area (Å²) in [6, 6.07) is 9.88. The van der Waals surface area contributed by atoms with E-state index in [1.54, 1.807) is 0 Å². The Morgan fingerprint density at radius 3 is 2.89 bits per heavy atom. The molecule has 0 aliphatic rings. The van der Waals surface area contributed by atoms with E-state index in [9.17, 15) is 0 Å². The molecule has 1 heterocycles. The van der Waals surface area contributed by atoms with Crippen molar-refractivity contribution in [3.8, 4) is 5.75 Å². The Morgan fingerprint density at radius 1 is 1.32 bits per heavy atom. The lowest BCUT2D eigenvalue weighted by Gasteiger charge is -2.05. The van der Waals surface area contributed by atoms with Crippen molar-refractivity contribution in [2.24, 2.45) is 0 Å². The van der Waals surface area contributed by atoms with E-state index in [4.69, 9.17) is 9.15 Å². The lowest BCUT2D eigenvalue weighted by atomic mass is 10.2. The molecule has 0 atom stereocenters. The summed E-state index contributed by atoms with van der Waals surface area (Å²) in [5.41, 5.74) is 1.09. The lowest BCUT2D eigenvalue weighted by molar-refractivity contribution is 0.303. The summed E-state index contributed by atoms with van der Waals surface area (Å²) >= 11 is 3.43. The number of hydrogen-bond donors (Lipinski definition) is 1. The Morgan fingerprint density at radius 2 is 2.16 bits per heavy atom. The Bertz CT molecular complexity index is 537. The molecule has 102 valence electrons. The normalized spacial score (nSPS) is 10.7. The molecule has 0 aliphatic heterocycles. The number of nitrogens with one attached hydrogen (secondary N) is 1. The first-order valence-electron chi connectivity index (χ1n) is 6.36. The molecule has 0 amide bonds. The highest BCUT2D eigenvalue weighted by Gasteiger charge is 2.07. The molecule has 1 aromatic heterocycles. The van der Waals surface area contributed by atoms with E-state index in [1.807, 2.05) is 31.2 Å². The molecule has 1 aromatic carbocycles. The molecule has 0 unspecified atom stereocenters. The molecule has 19 heavy (non-hydrogen) atoms. The molecular formula is C15H18BrNO2. The highest BCUT2D eigenvalue weighted by atomic mass is 79.9. The maximum Gasteiger partial charge on any atom is 0.120 e. The first-order valence-corrected chi connectivity index (χ1v) is 7.15. The maximum absolute atomic E-state index is 5.76. The fourth-order valence-corrected chi connectivity index (χ4v) is 2.16. The van der Waals surface area contributed by atoms with Crippen LogP contribution in [0.3, 0.4) is 0 Å². The van der Waals surface area contributed by atoms with Gasteiger partial charge in [-0.1, -0.05) is 28.9 Å². The third-order valence-corrected chi connectivity index (χ3v) is 3.30. The van der Waals surface area contributed by atoms with Crippen LogP contribution in [0.1, 0.15) is 24.0 Å².